The standard InChI is InChI=1S/C30H34N4O3S/c1-5-6-11-27-33-24-18-22(32-28(31)38)16-17-25(24)34(27)19-20-12-14-21(15-13-20)23-9-7-8-10-26(23)36-29(35)37-30(2,3)4/h7-10,12-18H,5-6,11,19H2,1-4H3,(H3,31,32,38). The zero-order valence-corrected chi connectivity index (χ0v) is 23.1. The van der Waals surface area contributed by atoms with Gasteiger partial charge in [0.1, 0.15) is 17.2 Å². The van der Waals surface area contributed by atoms with Crippen LogP contribution in [0.3, 0.4) is 0 Å². The average molecular weight is 531 g/mol. The average Bonchev–Trinajstić information content (AvgIpc) is 3.18. The zero-order valence-electron chi connectivity index (χ0n) is 22.3. The number of nitrogens with one attached hydrogen (secondary N) is 1. The van der Waals surface area contributed by atoms with Crippen LogP contribution in [-0.4, -0.2) is 26.4 Å². The molecule has 0 bridgehead atoms. The summed E-state index contributed by atoms with van der Waals surface area (Å²) in [6.07, 6.45) is 2.34. The Morgan fingerprint density at radius 3 is 2.50 bits per heavy atom. The van der Waals surface area contributed by atoms with Gasteiger partial charge < -0.3 is 25.1 Å². The van der Waals surface area contributed by atoms with Crippen LogP contribution in [-0.2, 0) is 17.7 Å². The predicted octanol–water partition coefficient (Wildman–Crippen LogP) is 7.06. The maximum absolute atomic E-state index is 12.3. The lowest BCUT2D eigenvalue weighted by Crippen LogP contribution is -2.26. The Morgan fingerprint density at radius 2 is 1.82 bits per heavy atom. The second-order valence-electron chi connectivity index (χ2n) is 10.2. The van der Waals surface area contributed by atoms with E-state index in [0.717, 1.165) is 58.5 Å². The van der Waals surface area contributed by atoms with E-state index in [9.17, 15) is 4.79 Å². The summed E-state index contributed by atoms with van der Waals surface area (Å²) in [4.78, 5) is 17.2. The third-order valence-electron chi connectivity index (χ3n) is 5.92. The Kier molecular flexibility index (Phi) is 8.32. The number of ether oxygens (including phenoxy) is 2. The van der Waals surface area contributed by atoms with Crippen molar-refractivity contribution in [2.24, 2.45) is 5.73 Å². The van der Waals surface area contributed by atoms with Crippen molar-refractivity contribution in [3.05, 3.63) is 78.1 Å². The van der Waals surface area contributed by atoms with E-state index in [0.29, 0.717) is 12.3 Å². The number of carbonyl (C=O) groups excluding carboxylic acids is 1. The molecule has 1 aromatic heterocycles. The van der Waals surface area contributed by atoms with Gasteiger partial charge >= 0.3 is 6.16 Å². The molecule has 7 nitrogen and oxygen atoms in total. The van der Waals surface area contributed by atoms with Gasteiger partial charge in [-0.2, -0.15) is 0 Å². The number of nitrogens with two attached hydrogens (primary N) is 1. The van der Waals surface area contributed by atoms with Crippen LogP contribution in [0.25, 0.3) is 22.2 Å². The Bertz CT molecular complexity index is 1440. The van der Waals surface area contributed by atoms with Gasteiger partial charge in [-0.05, 0) is 74.8 Å². The summed E-state index contributed by atoms with van der Waals surface area (Å²) >= 11 is 4.98. The second kappa shape index (κ2) is 11.6. The minimum absolute atomic E-state index is 0.230. The van der Waals surface area contributed by atoms with E-state index in [1.54, 1.807) is 26.8 Å². The van der Waals surface area contributed by atoms with Crippen molar-refractivity contribution in [2.75, 3.05) is 5.32 Å². The summed E-state index contributed by atoms with van der Waals surface area (Å²) in [7, 11) is 0. The van der Waals surface area contributed by atoms with Gasteiger partial charge in [0.15, 0.2) is 5.11 Å². The van der Waals surface area contributed by atoms with Crippen LogP contribution in [0.15, 0.2) is 66.7 Å². The molecule has 0 saturated heterocycles. The monoisotopic (exact) mass is 530 g/mol. The Balaban J connectivity index is 1.59. The van der Waals surface area contributed by atoms with Gasteiger partial charge in [0.2, 0.25) is 0 Å². The minimum Gasteiger partial charge on any atom is -0.428 e. The number of anilines is 1. The molecule has 0 unspecified atom stereocenters. The smallest absolute Gasteiger partial charge is 0.428 e. The molecule has 0 spiro atoms. The fourth-order valence-corrected chi connectivity index (χ4v) is 4.35. The number of hydrogen-bond acceptors (Lipinski definition) is 5. The van der Waals surface area contributed by atoms with Crippen LogP contribution < -0.4 is 15.8 Å². The predicted molar refractivity (Wildman–Crippen MR) is 157 cm³/mol. The van der Waals surface area contributed by atoms with Gasteiger partial charge in [0.25, 0.3) is 0 Å². The molecule has 3 N–H and O–H groups in total. The number of imidazole rings is 1. The van der Waals surface area contributed by atoms with Crippen molar-refractivity contribution in [2.45, 2.75) is 59.1 Å². The highest BCUT2D eigenvalue weighted by Gasteiger charge is 2.19. The molecule has 4 rings (SSSR count). The maximum atomic E-state index is 12.3. The van der Waals surface area contributed by atoms with Gasteiger partial charge in [-0.1, -0.05) is 55.8 Å². The van der Waals surface area contributed by atoms with Gasteiger partial charge in [-0.3, -0.25) is 0 Å². The molecular weight excluding hydrogens is 496 g/mol. The van der Waals surface area contributed by atoms with E-state index in [2.05, 4.69) is 35.0 Å². The molecule has 0 aliphatic carbocycles. The summed E-state index contributed by atoms with van der Waals surface area (Å²) in [5, 5.41) is 3.22. The summed E-state index contributed by atoms with van der Waals surface area (Å²) in [6, 6.07) is 21.7. The van der Waals surface area contributed by atoms with Gasteiger partial charge in [0, 0.05) is 24.2 Å². The fourth-order valence-electron chi connectivity index (χ4n) is 4.23. The Morgan fingerprint density at radius 1 is 1.08 bits per heavy atom. The van der Waals surface area contributed by atoms with E-state index in [4.69, 9.17) is 32.4 Å². The lowest BCUT2D eigenvalue weighted by Gasteiger charge is -2.19. The lowest BCUT2D eigenvalue weighted by atomic mass is 10.0. The summed E-state index contributed by atoms with van der Waals surface area (Å²) < 4.78 is 13.1. The number of para-hydroxylation sites is 1. The second-order valence-corrected chi connectivity index (χ2v) is 10.6. The molecule has 0 amide bonds. The molecule has 8 heteroatoms. The highest BCUT2D eigenvalue weighted by molar-refractivity contribution is 7.80. The van der Waals surface area contributed by atoms with E-state index >= 15 is 0 Å². The molecule has 1 heterocycles. The largest absolute Gasteiger partial charge is 0.514 e. The zero-order chi connectivity index (χ0) is 27.3. The summed E-state index contributed by atoms with van der Waals surface area (Å²) in [6.45, 7) is 8.29. The fraction of sp³-hybridized carbons (Fsp3) is 0.300. The number of unbranched alkanes of at least 4 members (excludes halogenated alkanes) is 1. The molecule has 3 aromatic carbocycles. The first-order chi connectivity index (χ1) is 18.1. The molecule has 0 saturated carbocycles. The molecule has 0 aliphatic rings. The maximum Gasteiger partial charge on any atom is 0.514 e. The van der Waals surface area contributed by atoms with E-state index in [1.807, 2.05) is 42.5 Å². The van der Waals surface area contributed by atoms with Crippen molar-refractivity contribution < 1.29 is 14.3 Å². The number of benzene rings is 3. The van der Waals surface area contributed by atoms with Crippen LogP contribution in [0, 0.1) is 0 Å². The quantitative estimate of drug-likeness (QED) is 0.143. The Labute approximate surface area is 229 Å². The number of carbonyl (C=O) groups is 1. The number of nitrogens with zero attached hydrogens (tertiary/aromatic N) is 2. The summed E-state index contributed by atoms with van der Waals surface area (Å²) in [5.41, 5.74) is 10.7. The first kappa shape index (κ1) is 27.1. The van der Waals surface area contributed by atoms with Gasteiger partial charge in [-0.25, -0.2) is 9.78 Å². The van der Waals surface area contributed by atoms with Crippen LogP contribution >= 0.6 is 12.2 Å². The number of rotatable bonds is 8. The molecule has 0 fully saturated rings. The van der Waals surface area contributed by atoms with Crippen molar-refractivity contribution in [1.82, 2.24) is 9.55 Å². The van der Waals surface area contributed by atoms with Crippen LogP contribution in [0.4, 0.5) is 10.5 Å². The van der Waals surface area contributed by atoms with E-state index < -0.39 is 11.8 Å². The highest BCUT2D eigenvalue weighted by Crippen LogP contribution is 2.31. The normalized spacial score (nSPS) is 11.4. The number of thiocarbonyl (C=S) groups is 1. The number of fused-ring (bicyclic) bond motifs is 1. The number of aryl methyl sites for hydroxylation is 1. The first-order valence-corrected chi connectivity index (χ1v) is 13.2. The highest BCUT2D eigenvalue weighted by atomic mass is 32.1. The molecule has 198 valence electrons. The molecule has 4 aromatic rings. The van der Waals surface area contributed by atoms with Crippen LogP contribution in [0.2, 0.25) is 0 Å². The van der Waals surface area contributed by atoms with Crippen LogP contribution in [0.5, 0.6) is 5.75 Å². The van der Waals surface area contributed by atoms with E-state index in [-0.39, 0.29) is 5.11 Å². The van der Waals surface area contributed by atoms with Crippen molar-refractivity contribution in [3.8, 4) is 16.9 Å². The van der Waals surface area contributed by atoms with Crippen molar-refractivity contribution >= 4 is 40.2 Å². The topological polar surface area (TPSA) is 91.4 Å². The van der Waals surface area contributed by atoms with Crippen molar-refractivity contribution in [3.63, 3.8) is 0 Å². The minimum atomic E-state index is -0.722. The molecule has 0 radical (unpaired) electrons. The third-order valence-corrected chi connectivity index (χ3v) is 6.03. The Hall–Kier alpha value is -3.91. The van der Waals surface area contributed by atoms with Crippen LogP contribution in [0.1, 0.15) is 51.9 Å². The van der Waals surface area contributed by atoms with Crippen molar-refractivity contribution in [1.29, 1.82) is 0 Å². The number of aromatic nitrogens is 2. The number of hydrogen-bond donors (Lipinski definition) is 2. The van der Waals surface area contributed by atoms with Gasteiger partial charge in [0.05, 0.1) is 11.0 Å². The molecule has 38 heavy (non-hydrogen) atoms. The third kappa shape index (κ3) is 6.89. The summed E-state index contributed by atoms with van der Waals surface area (Å²) in [5.74, 6) is 1.51. The molecular formula is C30H34N4O3S. The SMILES string of the molecule is CCCCc1nc2cc(NC(N)=S)ccc2n1Cc1ccc(-c2ccccc2OC(=O)OC(C)(C)C)cc1. The van der Waals surface area contributed by atoms with Gasteiger partial charge in [-0.15, -0.1) is 0 Å². The van der Waals surface area contributed by atoms with E-state index in [1.165, 1.54) is 0 Å². The molecule has 0 aliphatic heterocycles. The first-order valence-electron chi connectivity index (χ1n) is 12.8. The lowest BCUT2D eigenvalue weighted by molar-refractivity contribution is 0.0207. The molecule has 0 atom stereocenters.